The number of ether oxygens (including phenoxy) is 1. The number of thiazole rings is 1. The average molecular weight is 488 g/mol. The highest BCUT2D eigenvalue weighted by atomic mass is 32.1. The molecule has 2 atom stereocenters. The van der Waals surface area contributed by atoms with E-state index in [2.05, 4.69) is 19.9 Å². The zero-order chi connectivity index (χ0) is 24.1. The third-order valence-corrected chi connectivity index (χ3v) is 6.62. The van der Waals surface area contributed by atoms with E-state index < -0.39 is 13.0 Å². The highest BCUT2D eigenvalue weighted by molar-refractivity contribution is 7.11. The number of rotatable bonds is 10. The molecule has 1 aromatic carbocycles. The molecular formula is C24H27F2N5O2S. The summed E-state index contributed by atoms with van der Waals surface area (Å²) in [5.74, 6) is 1.96. The van der Waals surface area contributed by atoms with E-state index in [9.17, 15) is 13.6 Å². The zero-order valence-electron chi connectivity index (χ0n) is 19.1. The number of carbonyl (C=O) groups excluding carboxylic acids is 1. The van der Waals surface area contributed by atoms with Crippen molar-refractivity contribution in [1.82, 2.24) is 15.0 Å². The molecule has 0 spiro atoms. The Bertz CT molecular complexity index is 1080. The molecule has 4 rings (SSSR count). The lowest BCUT2D eigenvalue weighted by Crippen LogP contribution is -2.28. The topological polar surface area (TPSA) is 71.5 Å². The van der Waals surface area contributed by atoms with Crippen molar-refractivity contribution in [2.45, 2.75) is 38.2 Å². The molecule has 2 aromatic heterocycles. The average Bonchev–Trinajstić information content (AvgIpc) is 3.52. The van der Waals surface area contributed by atoms with Gasteiger partial charge in [-0.1, -0.05) is 19.1 Å². The van der Waals surface area contributed by atoms with E-state index in [1.54, 1.807) is 31.0 Å². The monoisotopic (exact) mass is 487 g/mol. The molecule has 1 aliphatic heterocycles. The van der Waals surface area contributed by atoms with Gasteiger partial charge in [0.2, 0.25) is 5.95 Å². The van der Waals surface area contributed by atoms with Crippen molar-refractivity contribution in [3.05, 3.63) is 58.7 Å². The van der Waals surface area contributed by atoms with Crippen LogP contribution in [0.15, 0.2) is 48.2 Å². The molecule has 10 heteroatoms. The first kappa shape index (κ1) is 24.0. The molecule has 0 aliphatic carbocycles. The molecule has 0 radical (unpaired) electrons. The van der Waals surface area contributed by atoms with E-state index in [1.165, 1.54) is 16.2 Å². The Morgan fingerprint density at radius 3 is 2.79 bits per heavy atom. The number of benzene rings is 1. The first-order chi connectivity index (χ1) is 16.4. The van der Waals surface area contributed by atoms with Crippen LogP contribution in [0.1, 0.15) is 40.9 Å². The number of aromatic nitrogens is 3. The standard InChI is InChI=1S/C24H27F2N5O2S/c1-16(11-20(32)21-12-27-15-34-21)17-3-5-18(6-4-17)33-19-8-10-31(13-19)23-7-9-28-24(29-23)30(2)14-22(25)26/h3-7,9,12,15-16,19,22H,8,10-11,13-14H2,1-2H3/t16-,19-/m1/s1. The van der Waals surface area contributed by atoms with Gasteiger partial charge >= 0.3 is 0 Å². The van der Waals surface area contributed by atoms with Crippen molar-refractivity contribution >= 4 is 28.9 Å². The largest absolute Gasteiger partial charge is 0.489 e. The molecule has 0 unspecified atom stereocenters. The number of hydrogen-bond acceptors (Lipinski definition) is 8. The van der Waals surface area contributed by atoms with Crippen LogP contribution in [0.4, 0.5) is 20.5 Å². The van der Waals surface area contributed by atoms with Gasteiger partial charge in [-0.2, -0.15) is 4.98 Å². The summed E-state index contributed by atoms with van der Waals surface area (Å²) >= 11 is 1.37. The van der Waals surface area contributed by atoms with Crippen molar-refractivity contribution in [2.24, 2.45) is 0 Å². The number of halogens is 2. The van der Waals surface area contributed by atoms with Gasteiger partial charge < -0.3 is 14.5 Å². The Balaban J connectivity index is 1.31. The van der Waals surface area contributed by atoms with Crippen LogP contribution in [0, 0.1) is 0 Å². The first-order valence-corrected chi connectivity index (χ1v) is 12.0. The third kappa shape index (κ3) is 6.05. The lowest BCUT2D eigenvalue weighted by atomic mass is 9.95. The minimum Gasteiger partial charge on any atom is -0.489 e. The lowest BCUT2D eigenvalue weighted by Gasteiger charge is -2.21. The van der Waals surface area contributed by atoms with E-state index in [1.807, 2.05) is 31.2 Å². The summed E-state index contributed by atoms with van der Waals surface area (Å²) in [6.45, 7) is 3.03. The maximum Gasteiger partial charge on any atom is 0.255 e. The van der Waals surface area contributed by atoms with Gasteiger partial charge in [-0.3, -0.25) is 9.78 Å². The van der Waals surface area contributed by atoms with Gasteiger partial charge in [0.15, 0.2) is 5.78 Å². The number of hydrogen-bond donors (Lipinski definition) is 0. The molecule has 1 fully saturated rings. The summed E-state index contributed by atoms with van der Waals surface area (Å²) in [5.41, 5.74) is 2.75. The molecule has 1 saturated heterocycles. The quantitative estimate of drug-likeness (QED) is 0.385. The van der Waals surface area contributed by atoms with Crippen LogP contribution < -0.4 is 14.5 Å². The fraction of sp³-hybridized carbons (Fsp3) is 0.417. The van der Waals surface area contributed by atoms with Crippen LogP contribution in [0.5, 0.6) is 5.75 Å². The minimum absolute atomic E-state index is 0.00612. The molecule has 0 bridgehead atoms. The van der Waals surface area contributed by atoms with Crippen LogP contribution in [0.2, 0.25) is 0 Å². The van der Waals surface area contributed by atoms with Gasteiger partial charge in [0, 0.05) is 38.8 Å². The van der Waals surface area contributed by atoms with Crippen molar-refractivity contribution in [3.8, 4) is 5.75 Å². The van der Waals surface area contributed by atoms with Crippen LogP contribution in [-0.4, -0.2) is 59.9 Å². The molecule has 0 saturated carbocycles. The van der Waals surface area contributed by atoms with E-state index >= 15 is 0 Å². The second kappa shape index (κ2) is 10.9. The molecule has 1 aliphatic rings. The summed E-state index contributed by atoms with van der Waals surface area (Å²) in [6.07, 6.45) is 2.02. The van der Waals surface area contributed by atoms with E-state index in [-0.39, 0.29) is 23.8 Å². The molecule has 3 aromatic rings. The normalized spacial score (nSPS) is 16.6. The van der Waals surface area contributed by atoms with Gasteiger partial charge in [-0.15, -0.1) is 11.3 Å². The summed E-state index contributed by atoms with van der Waals surface area (Å²) in [6, 6.07) is 9.66. The van der Waals surface area contributed by atoms with Gasteiger partial charge in [0.05, 0.1) is 23.5 Å². The zero-order valence-corrected chi connectivity index (χ0v) is 19.9. The van der Waals surface area contributed by atoms with Crippen LogP contribution in [-0.2, 0) is 0 Å². The predicted molar refractivity (Wildman–Crippen MR) is 128 cm³/mol. The van der Waals surface area contributed by atoms with Crippen molar-refractivity contribution in [2.75, 3.05) is 36.5 Å². The molecule has 3 heterocycles. The summed E-state index contributed by atoms with van der Waals surface area (Å²) in [4.78, 5) is 29.0. The highest BCUT2D eigenvalue weighted by Gasteiger charge is 2.26. The number of ketones is 1. The maximum absolute atomic E-state index is 12.7. The third-order valence-electron chi connectivity index (χ3n) is 5.80. The Morgan fingerprint density at radius 1 is 1.29 bits per heavy atom. The van der Waals surface area contributed by atoms with E-state index in [0.29, 0.717) is 23.7 Å². The van der Waals surface area contributed by atoms with E-state index in [0.717, 1.165) is 24.3 Å². The van der Waals surface area contributed by atoms with Crippen molar-refractivity contribution in [3.63, 3.8) is 0 Å². The molecule has 180 valence electrons. The molecule has 0 amide bonds. The SMILES string of the molecule is C[C@H](CC(=O)c1cncs1)c1ccc(O[C@@H]2CCN(c3ccnc(N(C)CC(F)F)n3)C2)cc1. The molecule has 7 nitrogen and oxygen atoms in total. The molecule has 0 N–H and O–H groups in total. The van der Waals surface area contributed by atoms with Gasteiger partial charge in [-0.25, -0.2) is 13.8 Å². The second-order valence-electron chi connectivity index (χ2n) is 8.42. The van der Waals surface area contributed by atoms with Crippen LogP contribution in [0.25, 0.3) is 0 Å². The highest BCUT2D eigenvalue weighted by Crippen LogP contribution is 2.27. The first-order valence-electron chi connectivity index (χ1n) is 11.1. The van der Waals surface area contributed by atoms with Gasteiger partial charge in [-0.05, 0) is 29.7 Å². The Kier molecular flexibility index (Phi) is 7.66. The van der Waals surface area contributed by atoms with Gasteiger partial charge in [0.1, 0.15) is 17.7 Å². The van der Waals surface area contributed by atoms with Crippen LogP contribution in [0.3, 0.4) is 0 Å². The van der Waals surface area contributed by atoms with Gasteiger partial charge in [0.25, 0.3) is 6.43 Å². The number of alkyl halides is 2. The lowest BCUT2D eigenvalue weighted by molar-refractivity contribution is 0.0979. The van der Waals surface area contributed by atoms with Crippen molar-refractivity contribution in [1.29, 1.82) is 0 Å². The second-order valence-corrected chi connectivity index (χ2v) is 9.31. The molecular weight excluding hydrogens is 460 g/mol. The Hall–Kier alpha value is -3.14. The summed E-state index contributed by atoms with van der Waals surface area (Å²) in [7, 11) is 1.56. The number of anilines is 2. The Morgan fingerprint density at radius 2 is 2.09 bits per heavy atom. The number of carbonyl (C=O) groups is 1. The smallest absolute Gasteiger partial charge is 0.255 e. The van der Waals surface area contributed by atoms with E-state index in [4.69, 9.17) is 4.74 Å². The fourth-order valence-corrected chi connectivity index (χ4v) is 4.51. The predicted octanol–water partition coefficient (Wildman–Crippen LogP) is 4.67. The Labute approximate surface area is 201 Å². The maximum atomic E-state index is 12.7. The fourth-order valence-electron chi connectivity index (χ4n) is 3.94. The molecule has 34 heavy (non-hydrogen) atoms. The summed E-state index contributed by atoms with van der Waals surface area (Å²) < 4.78 is 31.5. The van der Waals surface area contributed by atoms with Crippen LogP contribution >= 0.6 is 11.3 Å². The number of nitrogens with zero attached hydrogens (tertiary/aromatic N) is 5. The minimum atomic E-state index is -2.45. The van der Waals surface area contributed by atoms with Crippen molar-refractivity contribution < 1.29 is 18.3 Å². The number of Topliss-reactive ketones (excluding diaryl/α,β-unsaturated/α-hetero) is 1. The summed E-state index contributed by atoms with van der Waals surface area (Å²) in [5, 5.41) is 0.